The molecule has 6 heteroatoms. The van der Waals surface area contributed by atoms with Gasteiger partial charge in [0.2, 0.25) is 0 Å². The molecule has 6 atom stereocenters. The molecule has 2 rings (SSSR count). The molecule has 0 aliphatic carbocycles. The van der Waals surface area contributed by atoms with Gasteiger partial charge in [-0.1, -0.05) is 20.8 Å². The highest BCUT2D eigenvalue weighted by molar-refractivity contribution is 4.98. The second kappa shape index (κ2) is 4.40. The second-order valence-corrected chi connectivity index (χ2v) is 6.11. The minimum absolute atomic E-state index is 0.272. The predicted molar refractivity (Wildman–Crippen MR) is 61.6 cm³/mol. The van der Waals surface area contributed by atoms with Crippen LogP contribution in [0.25, 0.3) is 0 Å². The Bertz CT molecular complexity index is 314. The van der Waals surface area contributed by atoms with Crippen molar-refractivity contribution in [2.45, 2.75) is 64.2 Å². The van der Waals surface area contributed by atoms with Gasteiger partial charge in [0.1, 0.15) is 24.4 Å². The fourth-order valence-corrected chi connectivity index (χ4v) is 2.17. The first kappa shape index (κ1) is 14.2. The molecule has 106 valence electrons. The van der Waals surface area contributed by atoms with E-state index in [4.69, 9.17) is 19.3 Å². The SMILES string of the molecule is CC(C)(C)C1(C)O[C@H]2O[C@H]([C@H](O)CO)[C@H](O)[C@H]2O1. The minimum atomic E-state index is -1.14. The van der Waals surface area contributed by atoms with E-state index in [2.05, 4.69) is 0 Å². The van der Waals surface area contributed by atoms with Crippen LogP contribution in [0.2, 0.25) is 0 Å². The lowest BCUT2D eigenvalue weighted by atomic mass is 9.86. The number of aliphatic hydroxyl groups is 3. The Balaban J connectivity index is 2.10. The minimum Gasteiger partial charge on any atom is -0.394 e. The molecular weight excluding hydrogens is 240 g/mol. The van der Waals surface area contributed by atoms with Crippen LogP contribution in [0.5, 0.6) is 0 Å². The smallest absolute Gasteiger partial charge is 0.190 e. The van der Waals surface area contributed by atoms with E-state index in [-0.39, 0.29) is 5.41 Å². The predicted octanol–water partition coefficient (Wildman–Crippen LogP) is -0.397. The second-order valence-electron chi connectivity index (χ2n) is 6.11. The van der Waals surface area contributed by atoms with E-state index in [1.807, 2.05) is 20.8 Å². The normalized spacial score (nSPS) is 46.2. The summed E-state index contributed by atoms with van der Waals surface area (Å²) in [5.74, 6) is -0.849. The Kier molecular flexibility index (Phi) is 3.46. The lowest BCUT2D eigenvalue weighted by Crippen LogP contribution is -2.46. The summed E-state index contributed by atoms with van der Waals surface area (Å²) < 4.78 is 17.0. The molecular formula is C12H22O6. The Hall–Kier alpha value is -0.240. The Labute approximate surface area is 106 Å². The van der Waals surface area contributed by atoms with Crippen molar-refractivity contribution in [2.75, 3.05) is 6.61 Å². The molecule has 2 saturated heterocycles. The summed E-state index contributed by atoms with van der Waals surface area (Å²) >= 11 is 0. The summed E-state index contributed by atoms with van der Waals surface area (Å²) in [6.45, 7) is 7.25. The molecule has 2 fully saturated rings. The van der Waals surface area contributed by atoms with Crippen molar-refractivity contribution in [3.8, 4) is 0 Å². The van der Waals surface area contributed by atoms with E-state index in [0.717, 1.165) is 0 Å². The van der Waals surface area contributed by atoms with E-state index < -0.39 is 43.1 Å². The number of fused-ring (bicyclic) bond motifs is 1. The van der Waals surface area contributed by atoms with Gasteiger partial charge in [-0.2, -0.15) is 0 Å². The molecule has 0 amide bonds. The van der Waals surface area contributed by atoms with E-state index in [0.29, 0.717) is 0 Å². The lowest BCUT2D eigenvalue weighted by Gasteiger charge is -2.38. The van der Waals surface area contributed by atoms with Gasteiger partial charge in [0.15, 0.2) is 12.1 Å². The molecule has 1 unspecified atom stereocenters. The Morgan fingerprint density at radius 1 is 1.28 bits per heavy atom. The van der Waals surface area contributed by atoms with Gasteiger partial charge in [0, 0.05) is 5.41 Å². The van der Waals surface area contributed by atoms with Gasteiger partial charge in [0.05, 0.1) is 6.61 Å². The van der Waals surface area contributed by atoms with Crippen LogP contribution in [0.15, 0.2) is 0 Å². The van der Waals surface area contributed by atoms with Crippen molar-refractivity contribution < 1.29 is 29.5 Å². The molecule has 0 bridgehead atoms. The van der Waals surface area contributed by atoms with E-state index >= 15 is 0 Å². The first-order valence-electron chi connectivity index (χ1n) is 6.18. The monoisotopic (exact) mass is 262 g/mol. The van der Waals surface area contributed by atoms with Crippen LogP contribution in [-0.2, 0) is 14.2 Å². The molecule has 0 aromatic rings. The van der Waals surface area contributed by atoms with Gasteiger partial charge in [-0.25, -0.2) is 0 Å². The molecule has 3 N–H and O–H groups in total. The molecule has 0 aromatic heterocycles. The maximum absolute atomic E-state index is 10.1. The Morgan fingerprint density at radius 2 is 1.89 bits per heavy atom. The highest BCUT2D eigenvalue weighted by atomic mass is 16.8. The van der Waals surface area contributed by atoms with E-state index in [1.54, 1.807) is 6.92 Å². The third kappa shape index (κ3) is 2.07. The first-order valence-corrected chi connectivity index (χ1v) is 6.18. The zero-order valence-corrected chi connectivity index (χ0v) is 11.2. The summed E-state index contributed by atoms with van der Waals surface area (Å²) in [7, 11) is 0. The summed E-state index contributed by atoms with van der Waals surface area (Å²) in [4.78, 5) is 0. The van der Waals surface area contributed by atoms with Crippen molar-refractivity contribution in [2.24, 2.45) is 5.41 Å². The van der Waals surface area contributed by atoms with Crippen LogP contribution in [0.3, 0.4) is 0 Å². The maximum atomic E-state index is 10.1. The van der Waals surface area contributed by atoms with Crippen LogP contribution >= 0.6 is 0 Å². The fourth-order valence-electron chi connectivity index (χ4n) is 2.17. The van der Waals surface area contributed by atoms with Crippen molar-refractivity contribution >= 4 is 0 Å². The quantitative estimate of drug-likeness (QED) is 0.628. The molecule has 0 saturated carbocycles. The van der Waals surface area contributed by atoms with Crippen molar-refractivity contribution in [1.82, 2.24) is 0 Å². The highest BCUT2D eigenvalue weighted by Crippen LogP contribution is 2.46. The van der Waals surface area contributed by atoms with Gasteiger partial charge in [-0.05, 0) is 6.92 Å². The van der Waals surface area contributed by atoms with Gasteiger partial charge < -0.3 is 29.5 Å². The molecule has 0 radical (unpaired) electrons. The molecule has 18 heavy (non-hydrogen) atoms. The number of ether oxygens (including phenoxy) is 3. The van der Waals surface area contributed by atoms with Crippen LogP contribution in [0.1, 0.15) is 27.7 Å². The van der Waals surface area contributed by atoms with Crippen LogP contribution < -0.4 is 0 Å². The van der Waals surface area contributed by atoms with Crippen molar-refractivity contribution in [3.05, 3.63) is 0 Å². The zero-order chi connectivity index (χ0) is 13.7. The van der Waals surface area contributed by atoms with Crippen molar-refractivity contribution in [3.63, 3.8) is 0 Å². The van der Waals surface area contributed by atoms with Crippen LogP contribution in [-0.4, -0.2) is 58.4 Å². The highest BCUT2D eigenvalue weighted by Gasteiger charge is 2.60. The molecule has 0 spiro atoms. The number of aliphatic hydroxyl groups excluding tert-OH is 3. The van der Waals surface area contributed by atoms with Crippen LogP contribution in [0, 0.1) is 5.41 Å². The molecule has 2 aliphatic rings. The van der Waals surface area contributed by atoms with Gasteiger partial charge >= 0.3 is 0 Å². The van der Waals surface area contributed by atoms with Crippen LogP contribution in [0.4, 0.5) is 0 Å². The van der Waals surface area contributed by atoms with E-state index in [9.17, 15) is 10.2 Å². The lowest BCUT2D eigenvalue weighted by molar-refractivity contribution is -0.273. The van der Waals surface area contributed by atoms with Gasteiger partial charge in [0.25, 0.3) is 0 Å². The summed E-state index contributed by atoms with van der Waals surface area (Å²) in [6.07, 6.45) is -4.38. The average Bonchev–Trinajstić information content (AvgIpc) is 2.74. The third-order valence-corrected chi connectivity index (χ3v) is 3.86. The largest absolute Gasteiger partial charge is 0.394 e. The molecule has 0 aromatic carbocycles. The molecule has 2 aliphatic heterocycles. The summed E-state index contributed by atoms with van der Waals surface area (Å²) in [5.41, 5.74) is -0.272. The van der Waals surface area contributed by atoms with Gasteiger partial charge in [-0.15, -0.1) is 0 Å². The standard InChI is InChI=1S/C12H22O6/c1-11(2,3)12(4)17-9-7(15)8(6(14)5-13)16-10(9)18-12/h6-10,13-15H,5H2,1-4H3/t6-,7+,8-,9-,10-,12?/m1/s1. The third-order valence-electron chi connectivity index (χ3n) is 3.86. The fraction of sp³-hybridized carbons (Fsp3) is 1.00. The molecule has 6 nitrogen and oxygen atoms in total. The van der Waals surface area contributed by atoms with Crippen molar-refractivity contribution in [1.29, 1.82) is 0 Å². The summed E-state index contributed by atoms with van der Waals surface area (Å²) in [6, 6.07) is 0. The summed E-state index contributed by atoms with van der Waals surface area (Å²) in [5, 5.41) is 28.5. The average molecular weight is 262 g/mol. The first-order chi connectivity index (χ1) is 8.19. The number of rotatable bonds is 2. The number of hydrogen-bond acceptors (Lipinski definition) is 6. The van der Waals surface area contributed by atoms with E-state index in [1.165, 1.54) is 0 Å². The van der Waals surface area contributed by atoms with Gasteiger partial charge in [-0.3, -0.25) is 0 Å². The Morgan fingerprint density at radius 3 is 2.33 bits per heavy atom. The topological polar surface area (TPSA) is 88.4 Å². The maximum Gasteiger partial charge on any atom is 0.190 e. The zero-order valence-electron chi connectivity index (χ0n) is 11.2. The number of hydrogen-bond donors (Lipinski definition) is 3. The molecule has 2 heterocycles.